The number of thioether (sulfide) groups is 1. The van der Waals surface area contributed by atoms with Crippen molar-refractivity contribution in [1.29, 1.82) is 0 Å². The molecule has 0 aliphatic carbocycles. The van der Waals surface area contributed by atoms with Crippen LogP contribution in [0.15, 0.2) is 47.4 Å². The lowest BCUT2D eigenvalue weighted by Crippen LogP contribution is -2.28. The summed E-state index contributed by atoms with van der Waals surface area (Å²) in [5.41, 5.74) is 0.870. The molecule has 0 unspecified atom stereocenters. The fourth-order valence-electron chi connectivity index (χ4n) is 1.68. The van der Waals surface area contributed by atoms with Gasteiger partial charge in [0.15, 0.2) is 0 Å². The van der Waals surface area contributed by atoms with Crippen molar-refractivity contribution in [3.63, 3.8) is 0 Å². The molecule has 6 heteroatoms. The number of amides is 2. The van der Waals surface area contributed by atoms with Crippen LogP contribution in [-0.2, 0) is 6.54 Å². The van der Waals surface area contributed by atoms with Crippen LogP contribution in [0.1, 0.15) is 5.56 Å². The quantitative estimate of drug-likeness (QED) is 0.838. The first kappa shape index (κ1) is 15.3. The summed E-state index contributed by atoms with van der Waals surface area (Å²) in [5.74, 6) is -1.50. The van der Waals surface area contributed by atoms with Gasteiger partial charge in [-0.15, -0.1) is 11.8 Å². The molecule has 0 aliphatic heterocycles. The van der Waals surface area contributed by atoms with Gasteiger partial charge in [-0.3, -0.25) is 0 Å². The van der Waals surface area contributed by atoms with Gasteiger partial charge in [-0.05, 0) is 36.1 Å². The Kier molecular flexibility index (Phi) is 5.16. The van der Waals surface area contributed by atoms with Crippen molar-refractivity contribution in [2.75, 3.05) is 11.6 Å². The Balaban J connectivity index is 1.89. The van der Waals surface area contributed by atoms with Crippen molar-refractivity contribution in [2.24, 2.45) is 0 Å². The van der Waals surface area contributed by atoms with E-state index in [1.807, 2.05) is 30.5 Å². The summed E-state index contributed by atoms with van der Waals surface area (Å²) < 4.78 is 26.1. The van der Waals surface area contributed by atoms with Crippen LogP contribution in [0.2, 0.25) is 0 Å². The molecule has 0 aromatic heterocycles. The summed E-state index contributed by atoms with van der Waals surface area (Å²) in [7, 11) is 0. The van der Waals surface area contributed by atoms with E-state index in [0.717, 1.165) is 22.6 Å². The summed E-state index contributed by atoms with van der Waals surface area (Å²) in [5, 5.41) is 4.94. The SMILES string of the molecule is CSc1ccc(CNC(=O)Nc2ccc(F)cc2F)cc1. The number of hydrogen-bond donors (Lipinski definition) is 2. The number of anilines is 1. The molecule has 2 aromatic rings. The predicted octanol–water partition coefficient (Wildman–Crippen LogP) is 4.01. The fourth-order valence-corrected chi connectivity index (χ4v) is 2.09. The molecule has 0 heterocycles. The third-order valence-electron chi connectivity index (χ3n) is 2.79. The van der Waals surface area contributed by atoms with E-state index in [-0.39, 0.29) is 5.69 Å². The molecule has 0 aliphatic rings. The molecule has 0 atom stereocenters. The minimum atomic E-state index is -0.811. The summed E-state index contributed by atoms with van der Waals surface area (Å²) in [4.78, 5) is 12.8. The maximum Gasteiger partial charge on any atom is 0.319 e. The zero-order valence-electron chi connectivity index (χ0n) is 11.3. The molecule has 0 spiro atoms. The van der Waals surface area contributed by atoms with Gasteiger partial charge in [0, 0.05) is 17.5 Å². The van der Waals surface area contributed by atoms with E-state index in [1.54, 1.807) is 11.8 Å². The smallest absolute Gasteiger partial charge is 0.319 e. The van der Waals surface area contributed by atoms with E-state index >= 15 is 0 Å². The van der Waals surface area contributed by atoms with Crippen LogP contribution in [0.5, 0.6) is 0 Å². The van der Waals surface area contributed by atoms with Gasteiger partial charge >= 0.3 is 6.03 Å². The molecule has 21 heavy (non-hydrogen) atoms. The molecule has 2 amide bonds. The van der Waals surface area contributed by atoms with Crippen LogP contribution in [0.25, 0.3) is 0 Å². The van der Waals surface area contributed by atoms with Crippen LogP contribution in [0, 0.1) is 11.6 Å². The normalized spacial score (nSPS) is 10.2. The summed E-state index contributed by atoms with van der Waals surface area (Å²) in [6.45, 7) is 0.323. The molecule has 110 valence electrons. The third-order valence-corrected chi connectivity index (χ3v) is 3.54. The van der Waals surface area contributed by atoms with Gasteiger partial charge < -0.3 is 10.6 Å². The molecule has 0 bridgehead atoms. The van der Waals surface area contributed by atoms with E-state index in [4.69, 9.17) is 0 Å². The average molecular weight is 308 g/mol. The van der Waals surface area contributed by atoms with Crippen molar-refractivity contribution in [1.82, 2.24) is 5.32 Å². The Morgan fingerprint density at radius 1 is 1.14 bits per heavy atom. The number of carbonyl (C=O) groups excluding carboxylic acids is 1. The maximum atomic E-state index is 13.4. The van der Waals surface area contributed by atoms with E-state index in [2.05, 4.69) is 10.6 Å². The van der Waals surface area contributed by atoms with E-state index in [0.29, 0.717) is 6.54 Å². The Hall–Kier alpha value is -2.08. The highest BCUT2D eigenvalue weighted by Crippen LogP contribution is 2.16. The summed E-state index contributed by atoms with van der Waals surface area (Å²) in [6.07, 6.45) is 1.98. The highest BCUT2D eigenvalue weighted by molar-refractivity contribution is 7.98. The second-order valence-corrected chi connectivity index (χ2v) is 5.16. The molecule has 2 N–H and O–H groups in total. The second-order valence-electron chi connectivity index (χ2n) is 4.28. The zero-order chi connectivity index (χ0) is 15.2. The summed E-state index contributed by atoms with van der Waals surface area (Å²) in [6, 6.07) is 10.2. The van der Waals surface area contributed by atoms with Crippen LogP contribution < -0.4 is 10.6 Å². The van der Waals surface area contributed by atoms with E-state index in [9.17, 15) is 13.6 Å². The number of benzene rings is 2. The first-order valence-electron chi connectivity index (χ1n) is 6.21. The Morgan fingerprint density at radius 3 is 2.48 bits per heavy atom. The highest BCUT2D eigenvalue weighted by atomic mass is 32.2. The largest absolute Gasteiger partial charge is 0.334 e. The number of urea groups is 1. The van der Waals surface area contributed by atoms with Crippen LogP contribution in [-0.4, -0.2) is 12.3 Å². The molecule has 0 saturated heterocycles. The van der Waals surface area contributed by atoms with Crippen molar-refractivity contribution >= 4 is 23.5 Å². The number of nitrogens with one attached hydrogen (secondary N) is 2. The number of halogens is 2. The van der Waals surface area contributed by atoms with E-state index < -0.39 is 17.7 Å². The lowest BCUT2D eigenvalue weighted by Gasteiger charge is -2.09. The Labute approximate surface area is 125 Å². The van der Waals surface area contributed by atoms with Crippen molar-refractivity contribution in [3.05, 3.63) is 59.7 Å². The molecule has 0 radical (unpaired) electrons. The van der Waals surface area contributed by atoms with Gasteiger partial charge in [-0.2, -0.15) is 0 Å². The Bertz CT molecular complexity index is 632. The van der Waals surface area contributed by atoms with Gasteiger partial charge in [0.05, 0.1) is 5.69 Å². The highest BCUT2D eigenvalue weighted by Gasteiger charge is 2.07. The fraction of sp³-hybridized carbons (Fsp3) is 0.133. The standard InChI is InChI=1S/C15H14F2N2OS/c1-21-12-5-2-10(3-6-12)9-18-15(20)19-14-7-4-11(16)8-13(14)17/h2-8H,9H2,1H3,(H2,18,19,20). The minimum absolute atomic E-state index is 0.0633. The molecule has 3 nitrogen and oxygen atoms in total. The van der Waals surface area contributed by atoms with Gasteiger partial charge in [-0.25, -0.2) is 13.6 Å². The summed E-state index contributed by atoms with van der Waals surface area (Å²) >= 11 is 1.63. The maximum absolute atomic E-state index is 13.4. The lowest BCUT2D eigenvalue weighted by molar-refractivity contribution is 0.251. The first-order chi connectivity index (χ1) is 10.1. The van der Waals surface area contributed by atoms with Crippen molar-refractivity contribution in [3.8, 4) is 0 Å². The molecule has 2 rings (SSSR count). The van der Waals surface area contributed by atoms with Crippen LogP contribution >= 0.6 is 11.8 Å². The van der Waals surface area contributed by atoms with Gasteiger partial charge in [-0.1, -0.05) is 12.1 Å². The van der Waals surface area contributed by atoms with Crippen LogP contribution in [0.4, 0.5) is 19.3 Å². The zero-order valence-corrected chi connectivity index (χ0v) is 12.1. The van der Waals surface area contributed by atoms with Crippen molar-refractivity contribution < 1.29 is 13.6 Å². The number of rotatable bonds is 4. The molecule has 0 saturated carbocycles. The molecular weight excluding hydrogens is 294 g/mol. The monoisotopic (exact) mass is 308 g/mol. The van der Waals surface area contributed by atoms with Gasteiger partial charge in [0.2, 0.25) is 0 Å². The minimum Gasteiger partial charge on any atom is -0.334 e. The number of carbonyl (C=O) groups is 1. The van der Waals surface area contributed by atoms with Crippen molar-refractivity contribution in [2.45, 2.75) is 11.4 Å². The second kappa shape index (κ2) is 7.08. The third kappa shape index (κ3) is 4.46. The van der Waals surface area contributed by atoms with Crippen LogP contribution in [0.3, 0.4) is 0 Å². The van der Waals surface area contributed by atoms with E-state index in [1.165, 1.54) is 6.07 Å². The van der Waals surface area contributed by atoms with Gasteiger partial charge in [0.1, 0.15) is 11.6 Å². The molecular formula is C15H14F2N2OS. The average Bonchev–Trinajstić information content (AvgIpc) is 2.48. The first-order valence-corrected chi connectivity index (χ1v) is 7.44. The topological polar surface area (TPSA) is 41.1 Å². The Morgan fingerprint density at radius 2 is 1.86 bits per heavy atom. The number of hydrogen-bond acceptors (Lipinski definition) is 2. The molecule has 2 aromatic carbocycles. The van der Waals surface area contributed by atoms with Gasteiger partial charge in [0.25, 0.3) is 0 Å². The lowest BCUT2D eigenvalue weighted by atomic mass is 10.2. The predicted molar refractivity (Wildman–Crippen MR) is 80.4 cm³/mol. The molecule has 0 fully saturated rings.